The van der Waals surface area contributed by atoms with Gasteiger partial charge in [-0.05, 0) is 31.2 Å². The summed E-state index contributed by atoms with van der Waals surface area (Å²) < 4.78 is 19.6. The largest absolute Gasteiger partial charge is 0.439 e. The average Bonchev–Trinajstić information content (AvgIpc) is 3.01. The van der Waals surface area contributed by atoms with Crippen LogP contribution < -0.4 is 4.90 Å². The van der Waals surface area contributed by atoms with E-state index in [9.17, 15) is 4.39 Å². The third kappa shape index (κ3) is 2.48. The van der Waals surface area contributed by atoms with E-state index < -0.39 is 0 Å². The second-order valence-corrected chi connectivity index (χ2v) is 5.66. The first-order valence-electron chi connectivity index (χ1n) is 7.62. The van der Waals surface area contributed by atoms with Gasteiger partial charge in [0, 0.05) is 30.4 Å². The molecule has 4 nitrogen and oxygen atoms in total. The third-order valence-corrected chi connectivity index (χ3v) is 4.19. The van der Waals surface area contributed by atoms with Gasteiger partial charge in [0.2, 0.25) is 5.89 Å². The molecule has 0 atom stereocenters. The summed E-state index contributed by atoms with van der Waals surface area (Å²) in [5.74, 6) is 1.27. The second-order valence-electron chi connectivity index (χ2n) is 5.66. The summed E-state index contributed by atoms with van der Waals surface area (Å²) in [7, 11) is 0. The smallest absolute Gasteiger partial charge is 0.245 e. The number of oxazole rings is 1. The number of hydrogen-bond acceptors (Lipinski definition) is 4. The minimum absolute atomic E-state index is 0.178. The van der Waals surface area contributed by atoms with Crippen molar-refractivity contribution < 1.29 is 8.81 Å². The van der Waals surface area contributed by atoms with Gasteiger partial charge < -0.3 is 9.32 Å². The maximum atomic E-state index is 13.8. The lowest BCUT2D eigenvalue weighted by atomic mass is 10.1. The Morgan fingerprint density at radius 2 is 2.09 bits per heavy atom. The van der Waals surface area contributed by atoms with Gasteiger partial charge in [-0.3, -0.25) is 4.98 Å². The molecule has 0 amide bonds. The summed E-state index contributed by atoms with van der Waals surface area (Å²) in [5, 5.41) is 0. The van der Waals surface area contributed by atoms with Crippen LogP contribution in [-0.2, 0) is 13.0 Å². The van der Waals surface area contributed by atoms with Crippen LogP contribution in [0.2, 0.25) is 0 Å². The lowest BCUT2D eigenvalue weighted by Crippen LogP contribution is -2.30. The molecule has 5 heteroatoms. The Morgan fingerprint density at radius 1 is 1.17 bits per heavy atom. The van der Waals surface area contributed by atoms with Gasteiger partial charge in [-0.25, -0.2) is 9.37 Å². The molecule has 23 heavy (non-hydrogen) atoms. The number of halogens is 1. The second kappa shape index (κ2) is 5.50. The quantitative estimate of drug-likeness (QED) is 0.723. The van der Waals surface area contributed by atoms with Crippen LogP contribution in [0.15, 0.2) is 47.0 Å². The summed E-state index contributed by atoms with van der Waals surface area (Å²) in [5.41, 5.74) is 3.22. The molecule has 3 heterocycles. The Kier molecular flexibility index (Phi) is 3.33. The molecule has 3 aromatic rings. The highest BCUT2D eigenvalue weighted by molar-refractivity contribution is 5.55. The Labute approximate surface area is 133 Å². The molecule has 2 aromatic heterocycles. The molecule has 0 saturated heterocycles. The van der Waals surface area contributed by atoms with Crippen LogP contribution in [0.25, 0.3) is 11.6 Å². The number of aromatic nitrogens is 2. The van der Waals surface area contributed by atoms with E-state index in [1.807, 2.05) is 31.2 Å². The molecule has 0 bridgehead atoms. The zero-order chi connectivity index (χ0) is 15.8. The molecule has 1 aromatic carbocycles. The maximum absolute atomic E-state index is 13.8. The lowest BCUT2D eigenvalue weighted by molar-refractivity contribution is 0.497. The fourth-order valence-electron chi connectivity index (χ4n) is 2.94. The van der Waals surface area contributed by atoms with Gasteiger partial charge in [-0.15, -0.1) is 0 Å². The van der Waals surface area contributed by atoms with Gasteiger partial charge in [0.05, 0.1) is 6.54 Å². The van der Waals surface area contributed by atoms with Crippen molar-refractivity contribution in [1.29, 1.82) is 0 Å². The molecule has 0 spiro atoms. The SMILES string of the molecule is Cc1c(F)cccc1N1CCc2oc(-c3ccccn3)nc2C1. The van der Waals surface area contributed by atoms with E-state index in [2.05, 4.69) is 14.9 Å². The van der Waals surface area contributed by atoms with Crippen molar-refractivity contribution in [3.05, 3.63) is 65.4 Å². The Hall–Kier alpha value is -2.69. The topological polar surface area (TPSA) is 42.2 Å². The zero-order valence-electron chi connectivity index (χ0n) is 12.8. The van der Waals surface area contributed by atoms with Crippen molar-refractivity contribution in [3.63, 3.8) is 0 Å². The first kappa shape index (κ1) is 13.9. The minimum Gasteiger partial charge on any atom is -0.439 e. The Balaban J connectivity index is 1.65. The highest BCUT2D eigenvalue weighted by atomic mass is 19.1. The van der Waals surface area contributed by atoms with Crippen LogP contribution in [0.4, 0.5) is 10.1 Å². The lowest BCUT2D eigenvalue weighted by Gasteiger charge is -2.28. The highest BCUT2D eigenvalue weighted by Gasteiger charge is 2.24. The predicted molar refractivity (Wildman–Crippen MR) is 85.6 cm³/mol. The molecule has 0 saturated carbocycles. The number of nitrogens with zero attached hydrogens (tertiary/aromatic N) is 3. The van der Waals surface area contributed by atoms with Crippen LogP contribution in [-0.4, -0.2) is 16.5 Å². The number of benzene rings is 1. The average molecular weight is 309 g/mol. The zero-order valence-corrected chi connectivity index (χ0v) is 12.8. The van der Waals surface area contributed by atoms with Crippen LogP contribution in [0, 0.1) is 12.7 Å². The van der Waals surface area contributed by atoms with Gasteiger partial charge >= 0.3 is 0 Å². The normalized spacial score (nSPS) is 13.9. The molecule has 1 aliphatic rings. The van der Waals surface area contributed by atoms with E-state index in [-0.39, 0.29) is 5.82 Å². The number of pyridine rings is 1. The van der Waals surface area contributed by atoms with Gasteiger partial charge in [0.1, 0.15) is 23.0 Å². The van der Waals surface area contributed by atoms with Crippen molar-refractivity contribution in [2.75, 3.05) is 11.4 Å². The molecular formula is C18H16FN3O. The van der Waals surface area contributed by atoms with E-state index >= 15 is 0 Å². The van der Waals surface area contributed by atoms with Gasteiger partial charge in [0.15, 0.2) is 0 Å². The van der Waals surface area contributed by atoms with Crippen LogP contribution in [0.3, 0.4) is 0 Å². The monoisotopic (exact) mass is 309 g/mol. The third-order valence-electron chi connectivity index (χ3n) is 4.19. The first-order valence-corrected chi connectivity index (χ1v) is 7.62. The standard InChI is InChI=1S/C18H16FN3O/c1-12-13(19)5-4-7-16(12)22-10-8-17-15(11-22)21-18(23-17)14-6-2-3-9-20-14/h2-7,9H,8,10-11H2,1H3. The molecule has 0 radical (unpaired) electrons. The first-order chi connectivity index (χ1) is 11.2. The van der Waals surface area contributed by atoms with Crippen LogP contribution in [0.1, 0.15) is 17.0 Å². The fraction of sp³-hybridized carbons (Fsp3) is 0.222. The molecule has 0 fully saturated rings. The van der Waals surface area contributed by atoms with Crippen LogP contribution in [0.5, 0.6) is 0 Å². The van der Waals surface area contributed by atoms with Crippen LogP contribution >= 0.6 is 0 Å². The van der Waals surface area contributed by atoms with E-state index in [4.69, 9.17) is 4.42 Å². The molecule has 0 unspecified atom stereocenters. The van der Waals surface area contributed by atoms with Crippen molar-refractivity contribution in [1.82, 2.24) is 9.97 Å². The molecule has 0 aliphatic carbocycles. The molecule has 116 valence electrons. The molecule has 4 rings (SSSR count). The summed E-state index contributed by atoms with van der Waals surface area (Å²) in [6.45, 7) is 3.21. The maximum Gasteiger partial charge on any atom is 0.245 e. The minimum atomic E-state index is -0.178. The van der Waals surface area contributed by atoms with Crippen molar-refractivity contribution >= 4 is 5.69 Å². The van der Waals surface area contributed by atoms with Gasteiger partial charge in [-0.1, -0.05) is 12.1 Å². The molecular weight excluding hydrogens is 293 g/mol. The summed E-state index contributed by atoms with van der Waals surface area (Å²) in [6, 6.07) is 10.8. The van der Waals surface area contributed by atoms with E-state index in [0.29, 0.717) is 18.0 Å². The summed E-state index contributed by atoms with van der Waals surface area (Å²) >= 11 is 0. The van der Waals surface area contributed by atoms with Gasteiger partial charge in [-0.2, -0.15) is 0 Å². The Morgan fingerprint density at radius 3 is 2.91 bits per heavy atom. The van der Waals surface area contributed by atoms with Crippen molar-refractivity contribution in [3.8, 4) is 11.6 Å². The molecule has 1 aliphatic heterocycles. The predicted octanol–water partition coefficient (Wildman–Crippen LogP) is 3.75. The number of fused-ring (bicyclic) bond motifs is 1. The van der Waals surface area contributed by atoms with E-state index in [1.165, 1.54) is 6.07 Å². The van der Waals surface area contributed by atoms with Crippen molar-refractivity contribution in [2.45, 2.75) is 19.9 Å². The molecule has 0 N–H and O–H groups in total. The number of rotatable bonds is 2. The van der Waals surface area contributed by atoms with E-state index in [1.54, 1.807) is 12.3 Å². The van der Waals surface area contributed by atoms with Gasteiger partial charge in [0.25, 0.3) is 0 Å². The number of anilines is 1. The highest BCUT2D eigenvalue weighted by Crippen LogP contribution is 2.30. The summed E-state index contributed by atoms with van der Waals surface area (Å²) in [6.07, 6.45) is 2.48. The number of hydrogen-bond donors (Lipinski definition) is 0. The van der Waals surface area contributed by atoms with Crippen molar-refractivity contribution in [2.24, 2.45) is 0 Å². The Bertz CT molecular complexity index is 845. The fourth-order valence-corrected chi connectivity index (χ4v) is 2.94. The van der Waals surface area contributed by atoms with E-state index in [0.717, 1.165) is 35.8 Å². The summed E-state index contributed by atoms with van der Waals surface area (Å²) in [4.78, 5) is 11.0.